The number of hydrogen-bond acceptors (Lipinski definition) is 3. The van der Waals surface area contributed by atoms with E-state index in [1.807, 2.05) is 24.3 Å². The van der Waals surface area contributed by atoms with E-state index in [2.05, 4.69) is 15.6 Å². The number of carboxylic acid groups (broad SMARTS) is 1. The maximum Gasteiger partial charge on any atom is 0.326 e. The molecule has 3 rings (SSSR count). The number of aromatic amines is 1. The molecule has 0 saturated heterocycles. The Balaban J connectivity index is 1.78. The molecule has 0 saturated carbocycles. The van der Waals surface area contributed by atoms with E-state index in [9.17, 15) is 23.9 Å². The minimum absolute atomic E-state index is 0.0532. The Morgan fingerprint density at radius 1 is 0.967 bits per heavy atom. The molecule has 3 aromatic rings. The fourth-order valence-electron chi connectivity index (χ4n) is 3.33. The van der Waals surface area contributed by atoms with Gasteiger partial charge in [0.25, 0.3) is 0 Å². The summed E-state index contributed by atoms with van der Waals surface area (Å²) >= 11 is 0. The van der Waals surface area contributed by atoms with E-state index in [4.69, 9.17) is 0 Å². The number of amides is 2. The number of H-pyrrole nitrogens is 1. The van der Waals surface area contributed by atoms with Crippen LogP contribution in [0.2, 0.25) is 0 Å². The average molecular weight is 411 g/mol. The normalized spacial score (nSPS) is 12.9. The SMILES string of the molecule is CC(=O)N[C@@H](Cc1ccccc1F)C(=O)N[C@@H](Cc1c[nH]c2ccccc12)C(=O)O. The molecule has 8 heteroatoms. The number of aliphatic carboxylic acids is 1. The van der Waals surface area contributed by atoms with Crippen molar-refractivity contribution in [2.75, 3.05) is 0 Å². The van der Waals surface area contributed by atoms with Crippen LogP contribution < -0.4 is 10.6 Å². The number of rotatable bonds is 8. The van der Waals surface area contributed by atoms with Gasteiger partial charge >= 0.3 is 5.97 Å². The number of halogens is 1. The number of fused-ring (bicyclic) bond motifs is 1. The monoisotopic (exact) mass is 411 g/mol. The number of benzene rings is 2. The summed E-state index contributed by atoms with van der Waals surface area (Å²) in [6, 6.07) is 11.0. The largest absolute Gasteiger partial charge is 0.480 e. The van der Waals surface area contributed by atoms with Crippen molar-refractivity contribution in [3.63, 3.8) is 0 Å². The Kier molecular flexibility index (Phi) is 6.46. The van der Waals surface area contributed by atoms with Crippen LogP contribution >= 0.6 is 0 Å². The van der Waals surface area contributed by atoms with Crippen LogP contribution in [0.3, 0.4) is 0 Å². The molecule has 0 spiro atoms. The molecule has 0 bridgehead atoms. The molecule has 1 aromatic heterocycles. The molecule has 0 aliphatic heterocycles. The number of para-hydroxylation sites is 1. The van der Waals surface area contributed by atoms with E-state index in [1.54, 1.807) is 12.3 Å². The van der Waals surface area contributed by atoms with Crippen molar-refractivity contribution in [1.29, 1.82) is 0 Å². The highest BCUT2D eigenvalue weighted by Gasteiger charge is 2.27. The molecule has 0 aliphatic rings. The highest BCUT2D eigenvalue weighted by molar-refractivity contribution is 5.91. The van der Waals surface area contributed by atoms with E-state index in [0.29, 0.717) is 0 Å². The first-order chi connectivity index (χ1) is 14.3. The van der Waals surface area contributed by atoms with Crippen molar-refractivity contribution >= 4 is 28.7 Å². The molecule has 0 fully saturated rings. The van der Waals surface area contributed by atoms with Crippen LogP contribution in [0, 0.1) is 5.82 Å². The third-order valence-corrected chi connectivity index (χ3v) is 4.79. The van der Waals surface area contributed by atoms with Crippen molar-refractivity contribution in [1.82, 2.24) is 15.6 Å². The zero-order chi connectivity index (χ0) is 21.7. The fraction of sp³-hybridized carbons (Fsp3) is 0.227. The van der Waals surface area contributed by atoms with E-state index < -0.39 is 35.7 Å². The van der Waals surface area contributed by atoms with Gasteiger partial charge in [0.15, 0.2) is 0 Å². The second-order valence-electron chi connectivity index (χ2n) is 7.01. The van der Waals surface area contributed by atoms with Crippen LogP contribution in [0.5, 0.6) is 0 Å². The first kappa shape index (κ1) is 21.0. The molecule has 1 heterocycles. The lowest BCUT2D eigenvalue weighted by atomic mass is 10.0. The van der Waals surface area contributed by atoms with Crippen LogP contribution in [0.15, 0.2) is 54.7 Å². The Morgan fingerprint density at radius 3 is 2.33 bits per heavy atom. The summed E-state index contributed by atoms with van der Waals surface area (Å²) in [6.45, 7) is 1.24. The molecule has 7 nitrogen and oxygen atoms in total. The molecule has 0 aliphatic carbocycles. The maximum atomic E-state index is 14.0. The minimum atomic E-state index is -1.21. The van der Waals surface area contributed by atoms with E-state index in [-0.39, 0.29) is 18.4 Å². The van der Waals surface area contributed by atoms with Gasteiger partial charge in [-0.1, -0.05) is 36.4 Å². The number of carbonyl (C=O) groups excluding carboxylic acids is 2. The van der Waals surface area contributed by atoms with E-state index in [1.165, 1.54) is 25.1 Å². The Hall–Kier alpha value is -3.68. The van der Waals surface area contributed by atoms with Crippen LogP contribution in [0.25, 0.3) is 10.9 Å². The smallest absolute Gasteiger partial charge is 0.326 e. The van der Waals surface area contributed by atoms with Gasteiger partial charge in [-0.05, 0) is 23.3 Å². The Labute approximate surface area is 172 Å². The summed E-state index contributed by atoms with van der Waals surface area (Å²) in [5.41, 5.74) is 1.84. The average Bonchev–Trinajstić information content (AvgIpc) is 3.11. The van der Waals surface area contributed by atoms with Gasteiger partial charge in [-0.25, -0.2) is 9.18 Å². The number of aromatic nitrogens is 1. The van der Waals surface area contributed by atoms with Crippen LogP contribution in [0.4, 0.5) is 4.39 Å². The zero-order valence-corrected chi connectivity index (χ0v) is 16.3. The van der Waals surface area contributed by atoms with Gasteiger partial charge in [0.05, 0.1) is 0 Å². The van der Waals surface area contributed by atoms with Crippen molar-refractivity contribution in [2.24, 2.45) is 0 Å². The second kappa shape index (κ2) is 9.21. The van der Waals surface area contributed by atoms with Gasteiger partial charge < -0.3 is 20.7 Å². The molecule has 156 valence electrons. The summed E-state index contributed by atoms with van der Waals surface area (Å²) < 4.78 is 14.0. The van der Waals surface area contributed by atoms with Crippen molar-refractivity contribution < 1.29 is 23.9 Å². The third-order valence-electron chi connectivity index (χ3n) is 4.79. The summed E-state index contributed by atoms with van der Waals surface area (Å²) in [6.07, 6.45) is 1.66. The highest BCUT2D eigenvalue weighted by atomic mass is 19.1. The molecule has 0 radical (unpaired) electrons. The number of carboxylic acids is 1. The summed E-state index contributed by atoms with van der Waals surface area (Å²) in [5.74, 6) is -2.88. The minimum Gasteiger partial charge on any atom is -0.480 e. The Bertz CT molecular complexity index is 1080. The first-order valence-corrected chi connectivity index (χ1v) is 9.44. The Morgan fingerprint density at radius 2 is 1.63 bits per heavy atom. The van der Waals surface area contributed by atoms with Gasteiger partial charge in [0, 0.05) is 36.9 Å². The molecule has 4 N–H and O–H groups in total. The van der Waals surface area contributed by atoms with Gasteiger partial charge in [0.1, 0.15) is 17.9 Å². The highest BCUT2D eigenvalue weighted by Crippen LogP contribution is 2.19. The lowest BCUT2D eigenvalue weighted by Crippen LogP contribution is -2.52. The number of nitrogens with one attached hydrogen (secondary N) is 3. The van der Waals surface area contributed by atoms with Gasteiger partial charge in [-0.2, -0.15) is 0 Å². The predicted octanol–water partition coefficient (Wildman–Crippen LogP) is 2.17. The van der Waals surface area contributed by atoms with Crippen molar-refractivity contribution in [3.8, 4) is 0 Å². The van der Waals surface area contributed by atoms with E-state index in [0.717, 1.165) is 16.5 Å². The van der Waals surface area contributed by atoms with Gasteiger partial charge in [-0.3, -0.25) is 9.59 Å². The van der Waals surface area contributed by atoms with Crippen molar-refractivity contribution in [3.05, 3.63) is 71.7 Å². The molecule has 2 aromatic carbocycles. The van der Waals surface area contributed by atoms with Crippen LogP contribution in [-0.4, -0.2) is 40.0 Å². The maximum absolute atomic E-state index is 14.0. The number of hydrogen-bond donors (Lipinski definition) is 4. The molecule has 2 amide bonds. The van der Waals surface area contributed by atoms with Crippen LogP contribution in [0.1, 0.15) is 18.1 Å². The molecule has 0 unspecified atom stereocenters. The van der Waals surface area contributed by atoms with Gasteiger partial charge in [-0.15, -0.1) is 0 Å². The molecular formula is C22H22FN3O4. The third kappa shape index (κ3) is 5.02. The summed E-state index contributed by atoms with van der Waals surface area (Å²) in [4.78, 5) is 39.2. The fourth-order valence-corrected chi connectivity index (χ4v) is 3.33. The summed E-state index contributed by atoms with van der Waals surface area (Å²) in [5, 5.41) is 15.4. The predicted molar refractivity (Wildman–Crippen MR) is 109 cm³/mol. The summed E-state index contributed by atoms with van der Waals surface area (Å²) in [7, 11) is 0. The topological polar surface area (TPSA) is 111 Å². The zero-order valence-electron chi connectivity index (χ0n) is 16.3. The lowest BCUT2D eigenvalue weighted by Gasteiger charge is -2.21. The number of carbonyl (C=O) groups is 3. The molecular weight excluding hydrogens is 389 g/mol. The van der Waals surface area contributed by atoms with Gasteiger partial charge in [0.2, 0.25) is 11.8 Å². The van der Waals surface area contributed by atoms with Crippen LogP contribution in [-0.2, 0) is 27.2 Å². The van der Waals surface area contributed by atoms with E-state index >= 15 is 0 Å². The standard InChI is InChI=1S/C22H22FN3O4/c1-13(27)25-19(10-14-6-2-4-8-17(14)23)21(28)26-20(22(29)30)11-15-12-24-18-9-5-3-7-16(15)18/h2-9,12,19-20,24H,10-11H2,1H3,(H,25,27)(H,26,28)(H,29,30)/t19-,20-/m0/s1. The second-order valence-corrected chi connectivity index (χ2v) is 7.01. The molecule has 30 heavy (non-hydrogen) atoms. The molecule has 2 atom stereocenters. The van der Waals surface area contributed by atoms with Crippen molar-refractivity contribution in [2.45, 2.75) is 31.8 Å². The quantitative estimate of drug-likeness (QED) is 0.455. The first-order valence-electron chi connectivity index (χ1n) is 9.44. The lowest BCUT2D eigenvalue weighted by molar-refractivity contribution is -0.142.